The van der Waals surface area contributed by atoms with Crippen molar-refractivity contribution >= 4 is 17.9 Å². The summed E-state index contributed by atoms with van der Waals surface area (Å²) in [7, 11) is 0. The molecule has 1 unspecified atom stereocenters. The first-order valence-electron chi connectivity index (χ1n) is 33.1. The first-order valence-corrected chi connectivity index (χ1v) is 33.1. The van der Waals surface area contributed by atoms with Crippen LogP contribution < -0.4 is 0 Å². The van der Waals surface area contributed by atoms with E-state index in [1.807, 2.05) is 0 Å². The molecule has 0 aromatic carbocycles. The van der Waals surface area contributed by atoms with Crippen molar-refractivity contribution in [2.45, 2.75) is 335 Å². The lowest BCUT2D eigenvalue weighted by molar-refractivity contribution is -0.167. The maximum atomic E-state index is 12.9. The second-order valence-electron chi connectivity index (χ2n) is 22.0. The van der Waals surface area contributed by atoms with Gasteiger partial charge in [0.1, 0.15) is 13.2 Å². The van der Waals surface area contributed by atoms with Crippen LogP contribution in [0.4, 0.5) is 0 Å². The Kier molecular flexibility index (Phi) is 62.2. The third-order valence-electron chi connectivity index (χ3n) is 14.4. The first-order chi connectivity index (χ1) is 38.0. The summed E-state index contributed by atoms with van der Waals surface area (Å²) in [6.07, 6.45) is 86.1. The predicted octanol–water partition coefficient (Wildman–Crippen LogP) is 22.7. The van der Waals surface area contributed by atoms with Gasteiger partial charge in [0.2, 0.25) is 0 Å². The molecule has 0 rings (SSSR count). The highest BCUT2D eigenvalue weighted by molar-refractivity contribution is 5.71. The average molecular weight is 1070 g/mol. The molecule has 1 atom stereocenters. The third kappa shape index (κ3) is 63.3. The Hall–Kier alpha value is -3.41. The number of esters is 3. The van der Waals surface area contributed by atoms with Gasteiger partial charge in [-0.1, -0.05) is 298 Å². The van der Waals surface area contributed by atoms with E-state index >= 15 is 0 Å². The van der Waals surface area contributed by atoms with Gasteiger partial charge in [-0.25, -0.2) is 0 Å². The molecule has 0 amide bonds. The standard InChI is InChI=1S/C71H124O6/c1-4-7-10-13-16-19-21-23-25-27-29-31-33-34-35-36-38-39-41-43-45-47-49-52-55-58-61-64-70(73)76-67-68(66-75-69(72)63-60-57-54-51-18-15-12-9-6-3)77-71(74)65-62-59-56-53-50-48-46-44-42-40-37-32-30-28-26-24-22-20-17-14-11-8-5-2/h8,11,17,20,24,26-27,29-30,32,40,42,46,48,68H,4-7,9-10,12-16,18-19,21-23,25,28,31,33-39,41,43-45,47,49-67H2,1-3H3/b11-8-,20-17-,26-24-,29-27-,32-30-,42-40-,48-46-. The molecule has 0 saturated carbocycles. The summed E-state index contributed by atoms with van der Waals surface area (Å²) < 4.78 is 16.9. The van der Waals surface area contributed by atoms with Crippen LogP contribution in [-0.4, -0.2) is 37.2 Å². The van der Waals surface area contributed by atoms with Gasteiger partial charge in [0.15, 0.2) is 6.10 Å². The zero-order valence-corrected chi connectivity index (χ0v) is 51.0. The smallest absolute Gasteiger partial charge is 0.306 e. The fourth-order valence-corrected chi connectivity index (χ4v) is 9.44. The molecule has 0 aromatic heterocycles. The van der Waals surface area contributed by atoms with Gasteiger partial charge in [-0.05, 0) is 96.3 Å². The van der Waals surface area contributed by atoms with E-state index in [1.165, 1.54) is 180 Å². The SMILES string of the molecule is CC/C=C\C/C=C\C/C=C\C/C=C\C/C=C\C/C=C\CCCCCCC(=O)OC(COC(=O)CCCCCCCCCCC)COC(=O)CCCCCCCCCCCCCCCCC/C=C\CCCCCCCCCC. The highest BCUT2D eigenvalue weighted by atomic mass is 16.6. The minimum absolute atomic E-state index is 0.0842. The van der Waals surface area contributed by atoms with Crippen LogP contribution in [0.5, 0.6) is 0 Å². The molecule has 6 nitrogen and oxygen atoms in total. The van der Waals surface area contributed by atoms with Gasteiger partial charge in [0.05, 0.1) is 0 Å². The zero-order valence-electron chi connectivity index (χ0n) is 51.0. The second kappa shape index (κ2) is 65.1. The van der Waals surface area contributed by atoms with Gasteiger partial charge >= 0.3 is 17.9 Å². The predicted molar refractivity (Wildman–Crippen MR) is 334 cm³/mol. The Labute approximate surface area is 477 Å². The lowest BCUT2D eigenvalue weighted by Crippen LogP contribution is -2.30. The molecule has 0 bridgehead atoms. The molecular formula is C71H124O6. The molecule has 0 saturated heterocycles. The number of allylic oxidation sites excluding steroid dienone is 14. The lowest BCUT2D eigenvalue weighted by atomic mass is 10.0. The van der Waals surface area contributed by atoms with Gasteiger partial charge in [-0.15, -0.1) is 0 Å². The molecule has 6 heteroatoms. The quantitative estimate of drug-likeness (QED) is 0.0261. The highest BCUT2D eigenvalue weighted by Crippen LogP contribution is 2.17. The molecule has 0 aliphatic heterocycles. The molecule has 77 heavy (non-hydrogen) atoms. The Morgan fingerprint density at radius 3 is 0.805 bits per heavy atom. The molecule has 0 radical (unpaired) electrons. The van der Waals surface area contributed by atoms with Gasteiger partial charge in [-0.3, -0.25) is 14.4 Å². The van der Waals surface area contributed by atoms with Gasteiger partial charge in [0.25, 0.3) is 0 Å². The van der Waals surface area contributed by atoms with Crippen molar-refractivity contribution < 1.29 is 28.6 Å². The van der Waals surface area contributed by atoms with Gasteiger partial charge in [0, 0.05) is 19.3 Å². The molecule has 0 aliphatic carbocycles. The normalized spacial score (nSPS) is 12.6. The number of ether oxygens (including phenoxy) is 3. The first kappa shape index (κ1) is 73.6. The molecule has 0 aliphatic rings. The molecule has 444 valence electrons. The van der Waals surface area contributed by atoms with E-state index in [-0.39, 0.29) is 31.1 Å². The number of rotatable bonds is 60. The third-order valence-corrected chi connectivity index (χ3v) is 14.4. The van der Waals surface area contributed by atoms with Crippen molar-refractivity contribution in [3.05, 3.63) is 85.1 Å². The Morgan fingerprint density at radius 2 is 0.506 bits per heavy atom. The van der Waals surface area contributed by atoms with Crippen LogP contribution in [0.1, 0.15) is 329 Å². The monoisotopic (exact) mass is 1070 g/mol. The van der Waals surface area contributed by atoms with Crippen LogP contribution >= 0.6 is 0 Å². The van der Waals surface area contributed by atoms with E-state index in [0.717, 1.165) is 109 Å². The number of hydrogen-bond donors (Lipinski definition) is 0. The fourth-order valence-electron chi connectivity index (χ4n) is 9.44. The van der Waals surface area contributed by atoms with Crippen LogP contribution in [0.2, 0.25) is 0 Å². The summed E-state index contributed by atoms with van der Waals surface area (Å²) >= 11 is 0. The summed E-state index contributed by atoms with van der Waals surface area (Å²) in [5.74, 6) is -0.899. The number of hydrogen-bond acceptors (Lipinski definition) is 6. The molecule has 0 heterocycles. The molecule has 0 fully saturated rings. The Morgan fingerprint density at radius 1 is 0.273 bits per heavy atom. The molecular weight excluding hydrogens is 949 g/mol. The van der Waals surface area contributed by atoms with E-state index in [9.17, 15) is 14.4 Å². The Bertz CT molecular complexity index is 1470. The summed E-state index contributed by atoms with van der Waals surface area (Å²) in [5, 5.41) is 0. The Balaban J connectivity index is 4.22. The van der Waals surface area contributed by atoms with E-state index in [2.05, 4.69) is 106 Å². The zero-order chi connectivity index (χ0) is 55.7. The minimum Gasteiger partial charge on any atom is -0.462 e. The van der Waals surface area contributed by atoms with E-state index < -0.39 is 6.10 Å². The van der Waals surface area contributed by atoms with E-state index in [1.54, 1.807) is 0 Å². The van der Waals surface area contributed by atoms with Crippen LogP contribution in [0.3, 0.4) is 0 Å². The van der Waals surface area contributed by atoms with Crippen LogP contribution in [0, 0.1) is 0 Å². The average Bonchev–Trinajstić information content (AvgIpc) is 3.43. The number of carbonyl (C=O) groups is 3. The highest BCUT2D eigenvalue weighted by Gasteiger charge is 2.19. The van der Waals surface area contributed by atoms with E-state index in [0.29, 0.717) is 19.3 Å². The largest absolute Gasteiger partial charge is 0.462 e. The van der Waals surface area contributed by atoms with E-state index in [4.69, 9.17) is 14.2 Å². The van der Waals surface area contributed by atoms with Crippen molar-refractivity contribution in [1.82, 2.24) is 0 Å². The second-order valence-corrected chi connectivity index (χ2v) is 22.0. The summed E-state index contributed by atoms with van der Waals surface area (Å²) in [6, 6.07) is 0. The molecule has 0 spiro atoms. The van der Waals surface area contributed by atoms with Crippen LogP contribution in [0.15, 0.2) is 85.1 Å². The van der Waals surface area contributed by atoms with Crippen molar-refractivity contribution in [1.29, 1.82) is 0 Å². The maximum absolute atomic E-state index is 12.9. The maximum Gasteiger partial charge on any atom is 0.306 e. The number of unbranched alkanes of at least 4 members (excludes halogenated alkanes) is 35. The van der Waals surface area contributed by atoms with Gasteiger partial charge in [-0.2, -0.15) is 0 Å². The van der Waals surface area contributed by atoms with Gasteiger partial charge < -0.3 is 14.2 Å². The van der Waals surface area contributed by atoms with Crippen LogP contribution in [-0.2, 0) is 28.6 Å². The van der Waals surface area contributed by atoms with Crippen molar-refractivity contribution in [3.8, 4) is 0 Å². The lowest BCUT2D eigenvalue weighted by Gasteiger charge is -2.18. The summed E-state index contributed by atoms with van der Waals surface area (Å²) in [5.41, 5.74) is 0. The molecule has 0 aromatic rings. The van der Waals surface area contributed by atoms with Crippen molar-refractivity contribution in [2.75, 3.05) is 13.2 Å². The minimum atomic E-state index is -0.789. The topological polar surface area (TPSA) is 78.9 Å². The number of carbonyl (C=O) groups excluding carboxylic acids is 3. The molecule has 0 N–H and O–H groups in total. The van der Waals surface area contributed by atoms with Crippen molar-refractivity contribution in [2.24, 2.45) is 0 Å². The van der Waals surface area contributed by atoms with Crippen LogP contribution in [0.25, 0.3) is 0 Å². The summed E-state index contributed by atoms with van der Waals surface area (Å²) in [4.78, 5) is 38.2. The van der Waals surface area contributed by atoms with Crippen molar-refractivity contribution in [3.63, 3.8) is 0 Å². The summed E-state index contributed by atoms with van der Waals surface area (Å²) in [6.45, 7) is 6.52. The fraction of sp³-hybridized carbons (Fsp3) is 0.761.